The van der Waals surface area contributed by atoms with E-state index >= 15 is 0 Å². The Morgan fingerprint density at radius 1 is 1.38 bits per heavy atom. The largest absolute Gasteiger partial charge is 0.481 e. The molecule has 2 unspecified atom stereocenters. The van der Waals surface area contributed by atoms with Crippen LogP contribution in [0.3, 0.4) is 0 Å². The maximum absolute atomic E-state index is 11.4. The van der Waals surface area contributed by atoms with Crippen LogP contribution in [0.5, 0.6) is 0 Å². The first kappa shape index (κ1) is 14.9. The van der Waals surface area contributed by atoms with Gasteiger partial charge in [-0.1, -0.05) is 6.92 Å². The Hall–Kier alpha value is -1.10. The molecule has 0 aliphatic heterocycles. The molecule has 0 aromatic heterocycles. The van der Waals surface area contributed by atoms with Crippen molar-refractivity contribution >= 4 is 11.9 Å². The molecule has 0 bridgehead atoms. The van der Waals surface area contributed by atoms with E-state index in [1.54, 1.807) is 0 Å². The van der Waals surface area contributed by atoms with Crippen molar-refractivity contribution in [3.05, 3.63) is 0 Å². The van der Waals surface area contributed by atoms with Crippen LogP contribution in [-0.4, -0.2) is 29.6 Å². The second kappa shape index (κ2) is 8.10. The average Bonchev–Trinajstić information content (AvgIpc) is 2.16. The maximum Gasteiger partial charge on any atom is 0.303 e. The van der Waals surface area contributed by atoms with Crippen LogP contribution in [0.4, 0.5) is 0 Å². The maximum atomic E-state index is 11.4. The number of carbonyl (C=O) groups excluding carboxylic acids is 1. The molecule has 2 atom stereocenters. The predicted octanol–water partition coefficient (Wildman–Crippen LogP) is 0.731. The molecule has 4 N–H and O–H groups in total. The second-order valence-corrected chi connectivity index (χ2v) is 4.30. The first-order valence-corrected chi connectivity index (χ1v) is 5.67. The fourth-order valence-corrected chi connectivity index (χ4v) is 1.37. The molecule has 16 heavy (non-hydrogen) atoms. The molecule has 0 fully saturated rings. The van der Waals surface area contributed by atoms with Crippen molar-refractivity contribution in [1.29, 1.82) is 0 Å². The van der Waals surface area contributed by atoms with E-state index in [1.165, 1.54) is 0 Å². The minimum atomic E-state index is -0.796. The minimum absolute atomic E-state index is 0.0132. The van der Waals surface area contributed by atoms with Gasteiger partial charge in [-0.2, -0.15) is 0 Å². The Kier molecular flexibility index (Phi) is 7.54. The SMILES string of the molecule is CC(CN)CC(=O)NC(C)CCCC(=O)O. The van der Waals surface area contributed by atoms with Crippen LogP contribution in [-0.2, 0) is 9.59 Å². The lowest BCUT2D eigenvalue weighted by atomic mass is 10.1. The number of amides is 1. The molecule has 0 aromatic rings. The van der Waals surface area contributed by atoms with E-state index in [4.69, 9.17) is 10.8 Å². The number of carboxylic acid groups (broad SMARTS) is 1. The molecular weight excluding hydrogens is 208 g/mol. The van der Waals surface area contributed by atoms with Gasteiger partial charge in [-0.15, -0.1) is 0 Å². The fraction of sp³-hybridized carbons (Fsp3) is 0.818. The molecule has 0 aliphatic rings. The number of nitrogens with one attached hydrogen (secondary N) is 1. The van der Waals surface area contributed by atoms with E-state index in [0.717, 1.165) is 0 Å². The lowest BCUT2D eigenvalue weighted by Gasteiger charge is -2.15. The minimum Gasteiger partial charge on any atom is -0.481 e. The van der Waals surface area contributed by atoms with Gasteiger partial charge in [0.05, 0.1) is 0 Å². The number of aliphatic carboxylic acids is 1. The summed E-state index contributed by atoms with van der Waals surface area (Å²) in [4.78, 5) is 21.7. The van der Waals surface area contributed by atoms with Crippen molar-refractivity contribution in [3.8, 4) is 0 Å². The number of hydrogen-bond acceptors (Lipinski definition) is 3. The molecule has 0 spiro atoms. The second-order valence-electron chi connectivity index (χ2n) is 4.30. The lowest BCUT2D eigenvalue weighted by molar-refractivity contribution is -0.137. The van der Waals surface area contributed by atoms with Crippen molar-refractivity contribution in [2.45, 2.75) is 45.6 Å². The Morgan fingerprint density at radius 2 is 2.00 bits per heavy atom. The van der Waals surface area contributed by atoms with Crippen LogP contribution < -0.4 is 11.1 Å². The van der Waals surface area contributed by atoms with Gasteiger partial charge in [0.1, 0.15) is 0 Å². The van der Waals surface area contributed by atoms with E-state index in [0.29, 0.717) is 25.8 Å². The smallest absolute Gasteiger partial charge is 0.303 e. The molecule has 0 heterocycles. The van der Waals surface area contributed by atoms with E-state index in [1.807, 2.05) is 13.8 Å². The van der Waals surface area contributed by atoms with Crippen molar-refractivity contribution in [2.24, 2.45) is 11.7 Å². The highest BCUT2D eigenvalue weighted by atomic mass is 16.4. The fourth-order valence-electron chi connectivity index (χ4n) is 1.37. The predicted molar refractivity (Wildman–Crippen MR) is 61.9 cm³/mol. The first-order valence-electron chi connectivity index (χ1n) is 5.67. The molecule has 0 aliphatic carbocycles. The number of nitrogens with two attached hydrogens (primary N) is 1. The van der Waals surface area contributed by atoms with Crippen LogP contribution in [0.15, 0.2) is 0 Å². The van der Waals surface area contributed by atoms with Gasteiger partial charge in [0.25, 0.3) is 0 Å². The zero-order valence-electron chi connectivity index (χ0n) is 10.0. The van der Waals surface area contributed by atoms with Crippen molar-refractivity contribution in [3.63, 3.8) is 0 Å². The van der Waals surface area contributed by atoms with Gasteiger partial charge in [-0.25, -0.2) is 0 Å². The van der Waals surface area contributed by atoms with E-state index in [9.17, 15) is 9.59 Å². The standard InChI is InChI=1S/C11H22N2O3/c1-8(7-12)6-10(14)13-9(2)4-3-5-11(15)16/h8-9H,3-7,12H2,1-2H3,(H,13,14)(H,15,16). The molecule has 94 valence electrons. The van der Waals surface area contributed by atoms with Crippen LogP contribution in [0, 0.1) is 5.92 Å². The molecular formula is C11H22N2O3. The normalized spacial score (nSPS) is 14.2. The van der Waals surface area contributed by atoms with Gasteiger partial charge >= 0.3 is 5.97 Å². The van der Waals surface area contributed by atoms with E-state index < -0.39 is 5.97 Å². The van der Waals surface area contributed by atoms with Crippen LogP contribution in [0.25, 0.3) is 0 Å². The molecule has 0 aromatic carbocycles. The Balaban J connectivity index is 3.65. The third kappa shape index (κ3) is 8.23. The third-order valence-electron chi connectivity index (χ3n) is 2.37. The van der Waals surface area contributed by atoms with Gasteiger partial charge in [-0.3, -0.25) is 9.59 Å². The summed E-state index contributed by atoms with van der Waals surface area (Å²) >= 11 is 0. The summed E-state index contributed by atoms with van der Waals surface area (Å²) < 4.78 is 0. The Bertz CT molecular complexity index is 231. The van der Waals surface area contributed by atoms with Gasteiger partial charge in [0.15, 0.2) is 0 Å². The molecule has 0 rings (SSSR count). The highest BCUT2D eigenvalue weighted by molar-refractivity contribution is 5.76. The number of hydrogen-bond donors (Lipinski definition) is 3. The Labute approximate surface area is 96.4 Å². The average molecular weight is 230 g/mol. The lowest BCUT2D eigenvalue weighted by Crippen LogP contribution is -2.34. The highest BCUT2D eigenvalue weighted by Crippen LogP contribution is 2.03. The van der Waals surface area contributed by atoms with Gasteiger partial charge < -0.3 is 16.2 Å². The zero-order valence-corrected chi connectivity index (χ0v) is 10.0. The molecule has 0 saturated heterocycles. The molecule has 1 amide bonds. The summed E-state index contributed by atoms with van der Waals surface area (Å²) in [7, 11) is 0. The molecule has 0 radical (unpaired) electrons. The van der Waals surface area contributed by atoms with E-state index in [-0.39, 0.29) is 24.3 Å². The number of carbonyl (C=O) groups is 2. The quantitative estimate of drug-likeness (QED) is 0.573. The monoisotopic (exact) mass is 230 g/mol. The van der Waals surface area contributed by atoms with Crippen molar-refractivity contribution in [1.82, 2.24) is 5.32 Å². The van der Waals surface area contributed by atoms with Crippen LogP contribution >= 0.6 is 0 Å². The van der Waals surface area contributed by atoms with Gasteiger partial charge in [-0.05, 0) is 32.2 Å². The van der Waals surface area contributed by atoms with Crippen molar-refractivity contribution < 1.29 is 14.7 Å². The number of rotatable bonds is 8. The van der Waals surface area contributed by atoms with Gasteiger partial charge in [0.2, 0.25) is 5.91 Å². The summed E-state index contributed by atoms with van der Waals surface area (Å²) in [6, 6.07) is 0.0248. The third-order valence-corrected chi connectivity index (χ3v) is 2.37. The topological polar surface area (TPSA) is 92.4 Å². The summed E-state index contributed by atoms with van der Waals surface area (Å²) in [5, 5.41) is 11.3. The van der Waals surface area contributed by atoms with Crippen LogP contribution in [0.2, 0.25) is 0 Å². The molecule has 0 saturated carbocycles. The highest BCUT2D eigenvalue weighted by Gasteiger charge is 2.10. The van der Waals surface area contributed by atoms with Gasteiger partial charge in [0, 0.05) is 18.9 Å². The first-order chi connectivity index (χ1) is 7.45. The summed E-state index contributed by atoms with van der Waals surface area (Å²) in [6.45, 7) is 4.31. The summed E-state index contributed by atoms with van der Waals surface area (Å²) in [6.07, 6.45) is 1.86. The number of carboxylic acids is 1. The van der Waals surface area contributed by atoms with Crippen molar-refractivity contribution in [2.75, 3.05) is 6.54 Å². The molecule has 5 heteroatoms. The summed E-state index contributed by atoms with van der Waals surface area (Å²) in [5.41, 5.74) is 5.42. The molecule has 5 nitrogen and oxygen atoms in total. The van der Waals surface area contributed by atoms with Crippen LogP contribution in [0.1, 0.15) is 39.5 Å². The summed E-state index contributed by atoms with van der Waals surface area (Å²) in [5.74, 6) is -0.623. The van der Waals surface area contributed by atoms with E-state index in [2.05, 4.69) is 5.32 Å². The zero-order chi connectivity index (χ0) is 12.6. The Morgan fingerprint density at radius 3 is 2.50 bits per heavy atom.